The van der Waals surface area contributed by atoms with Crippen molar-refractivity contribution in [3.63, 3.8) is 0 Å². The minimum absolute atomic E-state index is 0.0851. The van der Waals surface area contributed by atoms with Gasteiger partial charge < -0.3 is 14.6 Å². The monoisotopic (exact) mass is 385 g/mol. The Hall–Kier alpha value is -3.20. The van der Waals surface area contributed by atoms with Crippen LogP contribution in [0.5, 0.6) is 5.75 Å². The zero-order valence-corrected chi connectivity index (χ0v) is 14.9. The SMILES string of the molecule is CC(=O)Oc1ccc(N2C(=O)CC(Sc3ncccc3C(=O)[O-])C2=O)cc1. The minimum atomic E-state index is -1.40. The van der Waals surface area contributed by atoms with Crippen LogP contribution in [0.1, 0.15) is 23.7 Å². The van der Waals surface area contributed by atoms with Crippen LogP contribution in [0.4, 0.5) is 5.69 Å². The van der Waals surface area contributed by atoms with Crippen molar-refractivity contribution in [3.05, 3.63) is 48.2 Å². The zero-order chi connectivity index (χ0) is 19.6. The van der Waals surface area contributed by atoms with Gasteiger partial charge in [0, 0.05) is 25.1 Å². The molecule has 0 bridgehead atoms. The van der Waals surface area contributed by atoms with Crippen molar-refractivity contribution in [1.82, 2.24) is 4.98 Å². The Morgan fingerprint density at radius 3 is 2.56 bits per heavy atom. The Bertz CT molecular complexity index is 928. The summed E-state index contributed by atoms with van der Waals surface area (Å²) in [5, 5.41) is 10.5. The Kier molecular flexibility index (Phi) is 5.22. The number of esters is 1. The van der Waals surface area contributed by atoms with Crippen LogP contribution in [0.3, 0.4) is 0 Å². The molecular weight excluding hydrogens is 372 g/mol. The van der Waals surface area contributed by atoms with E-state index in [-0.39, 0.29) is 17.0 Å². The van der Waals surface area contributed by atoms with E-state index in [0.717, 1.165) is 16.7 Å². The minimum Gasteiger partial charge on any atom is -0.545 e. The highest BCUT2D eigenvalue weighted by Gasteiger charge is 2.40. The van der Waals surface area contributed by atoms with Crippen LogP contribution in [0.15, 0.2) is 47.6 Å². The number of amides is 2. The lowest BCUT2D eigenvalue weighted by Crippen LogP contribution is -2.31. The predicted octanol–water partition coefficient (Wildman–Crippen LogP) is 0.795. The lowest BCUT2D eigenvalue weighted by atomic mass is 10.3. The topological polar surface area (TPSA) is 117 Å². The number of anilines is 1. The summed E-state index contributed by atoms with van der Waals surface area (Å²) in [7, 11) is 0. The number of imide groups is 1. The summed E-state index contributed by atoms with van der Waals surface area (Å²) in [4.78, 5) is 52.1. The Morgan fingerprint density at radius 1 is 1.22 bits per heavy atom. The fraction of sp³-hybridized carbons (Fsp3) is 0.167. The summed E-state index contributed by atoms with van der Waals surface area (Å²) < 4.78 is 4.92. The van der Waals surface area contributed by atoms with Crippen molar-refractivity contribution in [3.8, 4) is 5.75 Å². The maximum atomic E-state index is 12.7. The second-order valence-electron chi connectivity index (χ2n) is 5.61. The number of hydrogen-bond acceptors (Lipinski definition) is 8. The molecule has 8 nitrogen and oxygen atoms in total. The number of carbonyl (C=O) groups is 4. The maximum absolute atomic E-state index is 12.7. The average Bonchev–Trinajstić information content (AvgIpc) is 2.89. The van der Waals surface area contributed by atoms with Gasteiger partial charge in [-0.1, -0.05) is 11.8 Å². The summed E-state index contributed by atoms with van der Waals surface area (Å²) in [5.74, 6) is -2.47. The number of thioether (sulfide) groups is 1. The first-order valence-electron chi connectivity index (χ1n) is 7.85. The number of ether oxygens (including phenoxy) is 1. The number of carboxylic acids is 1. The fourth-order valence-electron chi connectivity index (χ4n) is 2.57. The van der Waals surface area contributed by atoms with Gasteiger partial charge in [0.1, 0.15) is 10.8 Å². The fourth-order valence-corrected chi connectivity index (χ4v) is 3.67. The van der Waals surface area contributed by atoms with Crippen molar-refractivity contribution >= 4 is 41.2 Å². The molecule has 0 radical (unpaired) electrons. The van der Waals surface area contributed by atoms with Crippen LogP contribution >= 0.6 is 11.8 Å². The molecule has 1 aromatic heterocycles. The van der Waals surface area contributed by atoms with E-state index in [2.05, 4.69) is 4.98 Å². The van der Waals surface area contributed by atoms with Gasteiger partial charge in [0.2, 0.25) is 11.8 Å². The van der Waals surface area contributed by atoms with Gasteiger partial charge >= 0.3 is 5.97 Å². The molecule has 9 heteroatoms. The Morgan fingerprint density at radius 2 is 1.93 bits per heavy atom. The van der Waals surface area contributed by atoms with Crippen molar-refractivity contribution in [2.75, 3.05) is 4.90 Å². The molecule has 1 atom stereocenters. The van der Waals surface area contributed by atoms with Gasteiger partial charge in [0.05, 0.1) is 16.9 Å². The lowest BCUT2D eigenvalue weighted by Gasteiger charge is -2.16. The number of aromatic carboxylic acids is 1. The molecule has 0 saturated carbocycles. The van der Waals surface area contributed by atoms with Crippen LogP contribution in [0.2, 0.25) is 0 Å². The number of aromatic nitrogens is 1. The lowest BCUT2D eigenvalue weighted by molar-refractivity contribution is -0.255. The van der Waals surface area contributed by atoms with Crippen LogP contribution in [0.25, 0.3) is 0 Å². The van der Waals surface area contributed by atoms with Crippen molar-refractivity contribution in [2.24, 2.45) is 0 Å². The molecule has 3 rings (SSSR count). The summed E-state index contributed by atoms with van der Waals surface area (Å²) in [6.07, 6.45) is 1.32. The molecule has 2 heterocycles. The number of nitrogens with zero attached hydrogens (tertiary/aromatic N) is 2. The highest BCUT2D eigenvalue weighted by molar-refractivity contribution is 8.00. The summed E-state index contributed by atoms with van der Waals surface area (Å²) in [6.45, 7) is 1.27. The first kappa shape index (κ1) is 18.6. The van der Waals surface area contributed by atoms with Crippen molar-refractivity contribution in [2.45, 2.75) is 23.6 Å². The van der Waals surface area contributed by atoms with E-state index in [1.54, 1.807) is 0 Å². The highest BCUT2D eigenvalue weighted by atomic mass is 32.2. The first-order valence-corrected chi connectivity index (χ1v) is 8.73. The summed E-state index contributed by atoms with van der Waals surface area (Å²) in [6, 6.07) is 8.73. The molecule has 1 aromatic carbocycles. The number of carboxylic acid groups (broad SMARTS) is 1. The van der Waals surface area contributed by atoms with Crippen LogP contribution in [-0.4, -0.2) is 34.0 Å². The molecule has 1 aliphatic rings. The number of hydrogen-bond donors (Lipinski definition) is 0. The number of benzene rings is 1. The Labute approximate surface area is 158 Å². The van der Waals surface area contributed by atoms with Crippen LogP contribution < -0.4 is 14.7 Å². The number of carbonyl (C=O) groups excluding carboxylic acids is 4. The standard InChI is InChI=1S/C18H14N2O6S/c1-10(21)26-12-6-4-11(5-7-12)20-15(22)9-14(17(20)23)27-16-13(18(24)25)3-2-8-19-16/h2-8,14H,9H2,1H3,(H,24,25)/p-1. The molecule has 0 N–H and O–H groups in total. The largest absolute Gasteiger partial charge is 0.545 e. The van der Waals surface area contributed by atoms with E-state index >= 15 is 0 Å². The number of rotatable bonds is 5. The van der Waals surface area contributed by atoms with E-state index in [1.807, 2.05) is 0 Å². The summed E-state index contributed by atoms with van der Waals surface area (Å²) in [5.41, 5.74) is 0.206. The third-order valence-electron chi connectivity index (χ3n) is 3.71. The molecule has 2 aromatic rings. The Balaban J connectivity index is 1.79. The van der Waals surface area contributed by atoms with E-state index in [1.165, 1.54) is 49.5 Å². The van der Waals surface area contributed by atoms with Gasteiger partial charge in [0.25, 0.3) is 0 Å². The molecule has 1 unspecified atom stereocenters. The van der Waals surface area contributed by atoms with Crippen molar-refractivity contribution < 1.29 is 29.0 Å². The second kappa shape index (κ2) is 7.58. The van der Waals surface area contributed by atoms with Gasteiger partial charge in [-0.05, 0) is 36.4 Å². The quantitative estimate of drug-likeness (QED) is 0.421. The molecular formula is C18H13N2O6S-. The van der Waals surface area contributed by atoms with Gasteiger partial charge in [-0.25, -0.2) is 9.88 Å². The number of pyridine rings is 1. The van der Waals surface area contributed by atoms with E-state index in [9.17, 15) is 24.3 Å². The van der Waals surface area contributed by atoms with E-state index in [0.29, 0.717) is 11.4 Å². The predicted molar refractivity (Wildman–Crippen MR) is 93.1 cm³/mol. The van der Waals surface area contributed by atoms with E-state index < -0.39 is 29.0 Å². The molecule has 1 fully saturated rings. The molecule has 2 amide bonds. The van der Waals surface area contributed by atoms with Gasteiger partial charge in [-0.3, -0.25) is 14.4 Å². The van der Waals surface area contributed by atoms with Crippen LogP contribution in [0, 0.1) is 0 Å². The molecule has 138 valence electrons. The van der Waals surface area contributed by atoms with Gasteiger partial charge in [0.15, 0.2) is 0 Å². The average molecular weight is 385 g/mol. The molecule has 27 heavy (non-hydrogen) atoms. The van der Waals surface area contributed by atoms with Gasteiger partial charge in [-0.15, -0.1) is 0 Å². The van der Waals surface area contributed by atoms with E-state index in [4.69, 9.17) is 4.74 Å². The zero-order valence-electron chi connectivity index (χ0n) is 14.1. The molecule has 1 aliphatic heterocycles. The smallest absolute Gasteiger partial charge is 0.308 e. The van der Waals surface area contributed by atoms with Crippen LogP contribution in [-0.2, 0) is 14.4 Å². The van der Waals surface area contributed by atoms with Gasteiger partial charge in [-0.2, -0.15) is 0 Å². The summed E-state index contributed by atoms with van der Waals surface area (Å²) >= 11 is 0.915. The molecule has 0 spiro atoms. The normalized spacial score (nSPS) is 16.5. The first-order chi connectivity index (χ1) is 12.9. The van der Waals surface area contributed by atoms with Crippen molar-refractivity contribution in [1.29, 1.82) is 0 Å². The highest BCUT2D eigenvalue weighted by Crippen LogP contribution is 2.34. The molecule has 1 saturated heterocycles. The molecule has 0 aliphatic carbocycles. The second-order valence-corrected chi connectivity index (χ2v) is 6.80. The third kappa shape index (κ3) is 3.98. The third-order valence-corrected chi connectivity index (χ3v) is 4.91. The maximum Gasteiger partial charge on any atom is 0.308 e.